The van der Waals surface area contributed by atoms with E-state index < -0.39 is 15.6 Å². The molecule has 1 amide bonds. The lowest BCUT2D eigenvalue weighted by atomic mass is 9.92. The van der Waals surface area contributed by atoms with Crippen molar-refractivity contribution in [1.82, 2.24) is 10.0 Å². The zero-order valence-corrected chi connectivity index (χ0v) is 17.0. The van der Waals surface area contributed by atoms with E-state index in [0.717, 1.165) is 12.8 Å². The maximum absolute atomic E-state index is 12.4. The topological polar surface area (TPSA) is 101 Å². The fourth-order valence-electron chi connectivity index (χ4n) is 2.28. The van der Waals surface area contributed by atoms with Crippen LogP contribution in [0.25, 0.3) is 0 Å². The van der Waals surface area contributed by atoms with Crippen LogP contribution in [-0.4, -0.2) is 32.5 Å². The fraction of sp³-hybridized carbons (Fsp3) is 0.588. The molecule has 0 saturated carbocycles. The number of nitrogens with two attached hydrogens (primary N) is 1. The van der Waals surface area contributed by atoms with Crippen molar-refractivity contribution in [3.8, 4) is 0 Å². The smallest absolute Gasteiger partial charge is 0.251 e. The summed E-state index contributed by atoms with van der Waals surface area (Å²) in [5.41, 5.74) is 5.78. The van der Waals surface area contributed by atoms with Gasteiger partial charge in [0, 0.05) is 18.2 Å². The number of sulfonamides is 1. The first kappa shape index (κ1) is 23.9. The Hall–Kier alpha value is -1.15. The normalized spacial score (nSPS) is 13.0. The van der Waals surface area contributed by atoms with E-state index in [9.17, 15) is 13.2 Å². The van der Waals surface area contributed by atoms with Crippen LogP contribution in [0.4, 0.5) is 0 Å². The van der Waals surface area contributed by atoms with Crippen molar-refractivity contribution >= 4 is 28.3 Å². The molecule has 0 heterocycles. The van der Waals surface area contributed by atoms with E-state index in [1.54, 1.807) is 6.92 Å². The number of halogens is 1. The molecule has 0 aliphatic carbocycles. The Bertz CT molecular complexity index is 635. The number of carbonyl (C=O) groups is 1. The summed E-state index contributed by atoms with van der Waals surface area (Å²) in [6.07, 6.45) is 2.17. The number of rotatable bonds is 9. The van der Waals surface area contributed by atoms with Crippen LogP contribution in [-0.2, 0) is 10.0 Å². The van der Waals surface area contributed by atoms with E-state index in [4.69, 9.17) is 5.73 Å². The molecule has 1 aromatic carbocycles. The highest BCUT2D eigenvalue weighted by atomic mass is 35.5. The Kier molecular flexibility index (Phi) is 9.64. The van der Waals surface area contributed by atoms with Crippen molar-refractivity contribution in [2.45, 2.75) is 63.4 Å². The average molecular weight is 392 g/mol. The Morgan fingerprint density at radius 3 is 2.08 bits per heavy atom. The van der Waals surface area contributed by atoms with Gasteiger partial charge in [0.25, 0.3) is 5.91 Å². The van der Waals surface area contributed by atoms with Crippen LogP contribution in [0.1, 0.15) is 57.3 Å². The lowest BCUT2D eigenvalue weighted by Crippen LogP contribution is -2.52. The molecule has 8 heteroatoms. The highest BCUT2D eigenvalue weighted by molar-refractivity contribution is 7.89. The van der Waals surface area contributed by atoms with Gasteiger partial charge in [0.15, 0.2) is 0 Å². The molecule has 0 saturated heterocycles. The summed E-state index contributed by atoms with van der Waals surface area (Å²) >= 11 is 0. The van der Waals surface area contributed by atoms with E-state index in [-0.39, 0.29) is 29.3 Å². The van der Waals surface area contributed by atoms with Gasteiger partial charge in [0.05, 0.1) is 10.4 Å². The van der Waals surface area contributed by atoms with Gasteiger partial charge in [-0.15, -0.1) is 12.4 Å². The van der Waals surface area contributed by atoms with Gasteiger partial charge in [0.2, 0.25) is 10.0 Å². The molecule has 1 aromatic rings. The molecular formula is C17H30ClN3O3S. The summed E-state index contributed by atoms with van der Waals surface area (Å²) < 4.78 is 27.0. The van der Waals surface area contributed by atoms with Gasteiger partial charge in [-0.25, -0.2) is 13.1 Å². The predicted octanol–water partition coefficient (Wildman–Crippen LogP) is 2.43. The average Bonchev–Trinajstić information content (AvgIpc) is 2.59. The van der Waals surface area contributed by atoms with E-state index >= 15 is 0 Å². The second kappa shape index (κ2) is 10.1. The quantitative estimate of drug-likeness (QED) is 0.601. The second-order valence-electron chi connectivity index (χ2n) is 6.10. The van der Waals surface area contributed by atoms with Gasteiger partial charge in [-0.05, 0) is 50.5 Å². The second-order valence-corrected chi connectivity index (χ2v) is 7.81. The monoisotopic (exact) mass is 391 g/mol. The molecule has 1 unspecified atom stereocenters. The van der Waals surface area contributed by atoms with Gasteiger partial charge in [-0.3, -0.25) is 4.79 Å². The molecule has 25 heavy (non-hydrogen) atoms. The summed E-state index contributed by atoms with van der Waals surface area (Å²) in [5, 5.41) is 2.97. The Labute approximate surface area is 157 Å². The molecule has 1 atom stereocenters. The standard InChI is InChI=1S/C17H29N3O3S.ClH/c1-5-13(4)20-24(22,23)15-10-8-14(9-11-15)16(21)19-17(6-2,7-3)12-18;/h8-11,13,20H,5-7,12,18H2,1-4H3,(H,19,21);1H. The zero-order chi connectivity index (χ0) is 18.4. The van der Waals surface area contributed by atoms with Gasteiger partial charge in [0.1, 0.15) is 0 Å². The Morgan fingerprint density at radius 1 is 1.16 bits per heavy atom. The number of nitrogens with one attached hydrogen (secondary N) is 2. The SMILES string of the molecule is CCC(C)NS(=O)(=O)c1ccc(C(=O)NC(CC)(CC)CN)cc1.Cl. The van der Waals surface area contributed by atoms with Crippen molar-refractivity contribution in [1.29, 1.82) is 0 Å². The number of benzene rings is 1. The highest BCUT2D eigenvalue weighted by Gasteiger charge is 2.27. The van der Waals surface area contributed by atoms with Crippen LogP contribution < -0.4 is 15.8 Å². The van der Waals surface area contributed by atoms with E-state index in [1.807, 2.05) is 20.8 Å². The number of carbonyl (C=O) groups excluding carboxylic acids is 1. The van der Waals surface area contributed by atoms with E-state index in [2.05, 4.69) is 10.0 Å². The lowest BCUT2D eigenvalue weighted by molar-refractivity contribution is 0.0895. The molecule has 0 radical (unpaired) electrons. The predicted molar refractivity (Wildman–Crippen MR) is 104 cm³/mol. The van der Waals surface area contributed by atoms with Gasteiger partial charge in [-0.1, -0.05) is 20.8 Å². The molecule has 0 spiro atoms. The fourth-order valence-corrected chi connectivity index (χ4v) is 3.61. The van der Waals surface area contributed by atoms with E-state index in [1.165, 1.54) is 24.3 Å². The minimum Gasteiger partial charge on any atom is -0.345 e. The summed E-state index contributed by atoms with van der Waals surface area (Å²) in [6.45, 7) is 8.03. The van der Waals surface area contributed by atoms with Crippen molar-refractivity contribution in [3.05, 3.63) is 29.8 Å². The first-order valence-corrected chi connectivity index (χ1v) is 9.86. The molecule has 0 aliphatic rings. The molecule has 0 fully saturated rings. The van der Waals surface area contributed by atoms with Crippen LogP contribution in [0.3, 0.4) is 0 Å². The molecule has 0 aliphatic heterocycles. The van der Waals surface area contributed by atoms with Crippen molar-refractivity contribution < 1.29 is 13.2 Å². The molecule has 1 rings (SSSR count). The molecule has 144 valence electrons. The minimum absolute atomic E-state index is 0. The van der Waals surface area contributed by atoms with Crippen LogP contribution in [0.2, 0.25) is 0 Å². The Balaban J connectivity index is 0.00000576. The first-order chi connectivity index (χ1) is 11.2. The zero-order valence-electron chi connectivity index (χ0n) is 15.3. The van der Waals surface area contributed by atoms with Crippen LogP contribution in [0, 0.1) is 0 Å². The van der Waals surface area contributed by atoms with Crippen molar-refractivity contribution in [2.75, 3.05) is 6.54 Å². The summed E-state index contributed by atoms with van der Waals surface area (Å²) in [6, 6.07) is 5.79. The van der Waals surface area contributed by atoms with Gasteiger partial charge in [-0.2, -0.15) is 0 Å². The molecule has 4 N–H and O–H groups in total. The molecule has 0 bridgehead atoms. The van der Waals surface area contributed by atoms with Crippen molar-refractivity contribution in [3.63, 3.8) is 0 Å². The highest BCUT2D eigenvalue weighted by Crippen LogP contribution is 2.16. The minimum atomic E-state index is -3.56. The summed E-state index contributed by atoms with van der Waals surface area (Å²) in [4.78, 5) is 12.5. The summed E-state index contributed by atoms with van der Waals surface area (Å²) in [7, 11) is -3.56. The Morgan fingerprint density at radius 2 is 1.68 bits per heavy atom. The van der Waals surface area contributed by atoms with Crippen molar-refractivity contribution in [2.24, 2.45) is 5.73 Å². The lowest BCUT2D eigenvalue weighted by Gasteiger charge is -2.31. The maximum atomic E-state index is 12.4. The van der Waals surface area contributed by atoms with Crippen LogP contribution >= 0.6 is 12.4 Å². The number of amides is 1. The van der Waals surface area contributed by atoms with Gasteiger partial charge < -0.3 is 11.1 Å². The third-order valence-corrected chi connectivity index (χ3v) is 6.12. The van der Waals surface area contributed by atoms with Crippen LogP contribution in [0.5, 0.6) is 0 Å². The number of hydrogen-bond donors (Lipinski definition) is 3. The number of hydrogen-bond acceptors (Lipinski definition) is 4. The largest absolute Gasteiger partial charge is 0.345 e. The third kappa shape index (κ3) is 6.26. The molecule has 6 nitrogen and oxygen atoms in total. The van der Waals surface area contributed by atoms with Gasteiger partial charge >= 0.3 is 0 Å². The first-order valence-electron chi connectivity index (χ1n) is 8.38. The maximum Gasteiger partial charge on any atom is 0.251 e. The van der Waals surface area contributed by atoms with E-state index in [0.29, 0.717) is 18.5 Å². The summed E-state index contributed by atoms with van der Waals surface area (Å²) in [5.74, 6) is -0.247. The molecule has 0 aromatic heterocycles. The van der Waals surface area contributed by atoms with Crippen LogP contribution in [0.15, 0.2) is 29.2 Å². The molecular weight excluding hydrogens is 362 g/mol. The third-order valence-electron chi connectivity index (χ3n) is 4.52.